The van der Waals surface area contributed by atoms with Gasteiger partial charge in [0.25, 0.3) is 5.91 Å². The van der Waals surface area contributed by atoms with Crippen LogP contribution in [0, 0.1) is 5.92 Å². The number of nitrogens with one attached hydrogen (secondary N) is 2. The number of imide groups is 1. The van der Waals surface area contributed by atoms with E-state index in [1.54, 1.807) is 0 Å². The summed E-state index contributed by atoms with van der Waals surface area (Å²) in [6.45, 7) is 3.80. The Morgan fingerprint density at radius 2 is 1.55 bits per heavy atom. The fraction of sp³-hybridized carbons (Fsp3) is 0.400. The van der Waals surface area contributed by atoms with Gasteiger partial charge in [0.2, 0.25) is 5.91 Å². The Balaban J connectivity index is 1.54. The third kappa shape index (κ3) is 3.94. The second kappa shape index (κ2) is 8.17. The fourth-order valence-corrected chi connectivity index (χ4v) is 4.73. The van der Waals surface area contributed by atoms with Gasteiger partial charge >= 0.3 is 6.03 Å². The van der Waals surface area contributed by atoms with Crippen LogP contribution in [0.3, 0.4) is 0 Å². The molecule has 4 rings (SSSR count). The summed E-state index contributed by atoms with van der Waals surface area (Å²) < 4.78 is 0. The lowest BCUT2D eigenvalue weighted by atomic mass is 9.77. The van der Waals surface area contributed by atoms with Crippen LogP contribution < -0.4 is 10.6 Å². The minimum atomic E-state index is -0.841. The highest BCUT2D eigenvalue weighted by atomic mass is 16.2. The highest BCUT2D eigenvalue weighted by Crippen LogP contribution is 2.36. The van der Waals surface area contributed by atoms with E-state index in [1.807, 2.05) is 67.6 Å². The Hall–Kier alpha value is -3.15. The van der Waals surface area contributed by atoms with Crippen molar-refractivity contribution in [3.8, 4) is 0 Å². The largest absolute Gasteiger partial charge is 0.341 e. The van der Waals surface area contributed by atoms with Gasteiger partial charge in [-0.2, -0.15) is 0 Å². The van der Waals surface area contributed by atoms with Crippen molar-refractivity contribution in [3.05, 3.63) is 71.8 Å². The monoisotopic (exact) mass is 419 g/mol. The lowest BCUT2D eigenvalue weighted by molar-refractivity contribution is -0.136. The van der Waals surface area contributed by atoms with Crippen LogP contribution in [0.2, 0.25) is 0 Å². The Morgan fingerprint density at radius 3 is 2.06 bits per heavy atom. The van der Waals surface area contributed by atoms with E-state index >= 15 is 0 Å². The molecule has 0 bridgehead atoms. The molecule has 0 aromatic heterocycles. The fourth-order valence-electron chi connectivity index (χ4n) is 4.73. The molecule has 2 aromatic carbocycles. The number of carbonyl (C=O) groups is 3. The lowest BCUT2D eigenvalue weighted by Crippen LogP contribution is -2.51. The maximum Gasteiger partial charge on any atom is 0.325 e. The van der Waals surface area contributed by atoms with Gasteiger partial charge in [0.05, 0.1) is 5.54 Å². The highest BCUT2D eigenvalue weighted by Gasteiger charge is 2.52. The molecule has 1 aliphatic carbocycles. The molecule has 1 saturated carbocycles. The number of benzene rings is 2. The van der Waals surface area contributed by atoms with E-state index in [-0.39, 0.29) is 18.4 Å². The Labute approximate surface area is 183 Å². The van der Waals surface area contributed by atoms with E-state index < -0.39 is 17.1 Å². The molecule has 1 aliphatic heterocycles. The van der Waals surface area contributed by atoms with Crippen LogP contribution in [0.5, 0.6) is 0 Å². The second-order valence-electron chi connectivity index (χ2n) is 8.99. The van der Waals surface area contributed by atoms with Crippen molar-refractivity contribution in [1.82, 2.24) is 15.5 Å². The predicted molar refractivity (Wildman–Crippen MR) is 118 cm³/mol. The van der Waals surface area contributed by atoms with E-state index in [4.69, 9.17) is 0 Å². The maximum absolute atomic E-state index is 13.1. The molecule has 2 aromatic rings. The first-order valence-electron chi connectivity index (χ1n) is 10.9. The van der Waals surface area contributed by atoms with Crippen molar-refractivity contribution >= 4 is 17.8 Å². The number of nitrogens with zero attached hydrogens (tertiary/aromatic N) is 1. The van der Waals surface area contributed by atoms with Crippen LogP contribution in [-0.2, 0) is 15.1 Å². The molecule has 1 heterocycles. The van der Waals surface area contributed by atoms with E-state index in [0.717, 1.165) is 28.9 Å². The molecule has 2 aliphatic rings. The molecule has 1 saturated heterocycles. The molecule has 4 amide bonds. The van der Waals surface area contributed by atoms with Crippen LogP contribution >= 0.6 is 0 Å². The number of hydrogen-bond donors (Lipinski definition) is 2. The highest BCUT2D eigenvalue weighted by molar-refractivity contribution is 6.09. The van der Waals surface area contributed by atoms with E-state index in [0.29, 0.717) is 18.8 Å². The zero-order valence-electron chi connectivity index (χ0n) is 18.1. The minimum Gasteiger partial charge on any atom is -0.341 e. The summed E-state index contributed by atoms with van der Waals surface area (Å²) in [5.74, 6) is -0.106. The van der Waals surface area contributed by atoms with Gasteiger partial charge in [-0.3, -0.25) is 14.5 Å². The van der Waals surface area contributed by atoms with Gasteiger partial charge in [0, 0.05) is 0 Å². The number of rotatable bonds is 5. The van der Waals surface area contributed by atoms with E-state index in [9.17, 15) is 14.4 Å². The molecule has 162 valence electrons. The van der Waals surface area contributed by atoms with Gasteiger partial charge in [-0.25, -0.2) is 4.79 Å². The Kier molecular flexibility index (Phi) is 5.56. The molecule has 0 unspecified atom stereocenters. The molecular weight excluding hydrogens is 390 g/mol. The lowest BCUT2D eigenvalue weighted by Gasteiger charge is -2.34. The van der Waals surface area contributed by atoms with Crippen molar-refractivity contribution in [2.24, 2.45) is 5.92 Å². The molecular formula is C25H29N3O3. The predicted octanol–water partition coefficient (Wildman–Crippen LogP) is 3.57. The SMILES string of the molecule is CC1CCC2(CC1)NC(=O)N(CC(=O)NC(C)(c1ccccc1)c1ccccc1)C2=O. The van der Waals surface area contributed by atoms with Crippen LogP contribution in [-0.4, -0.2) is 34.8 Å². The summed E-state index contributed by atoms with van der Waals surface area (Å²) in [5, 5.41) is 5.96. The van der Waals surface area contributed by atoms with Gasteiger partial charge in [-0.1, -0.05) is 67.6 Å². The molecule has 6 heteroatoms. The molecule has 1 spiro atoms. The van der Waals surface area contributed by atoms with Gasteiger partial charge in [0.1, 0.15) is 12.1 Å². The summed E-state index contributed by atoms with van der Waals surface area (Å²) >= 11 is 0. The van der Waals surface area contributed by atoms with Crippen molar-refractivity contribution in [2.75, 3.05) is 6.54 Å². The van der Waals surface area contributed by atoms with E-state index in [2.05, 4.69) is 17.6 Å². The van der Waals surface area contributed by atoms with Gasteiger partial charge < -0.3 is 10.6 Å². The number of urea groups is 1. The zero-order valence-corrected chi connectivity index (χ0v) is 18.1. The zero-order chi connectivity index (χ0) is 22.1. The van der Waals surface area contributed by atoms with Crippen LogP contribution in [0.4, 0.5) is 4.79 Å². The molecule has 6 nitrogen and oxygen atoms in total. The number of amides is 4. The molecule has 31 heavy (non-hydrogen) atoms. The van der Waals surface area contributed by atoms with Crippen molar-refractivity contribution in [1.29, 1.82) is 0 Å². The first-order chi connectivity index (χ1) is 14.8. The summed E-state index contributed by atoms with van der Waals surface area (Å²) in [7, 11) is 0. The third-order valence-corrected chi connectivity index (χ3v) is 6.77. The molecule has 0 atom stereocenters. The summed E-state index contributed by atoms with van der Waals surface area (Å²) in [4.78, 5) is 39.9. The topological polar surface area (TPSA) is 78.5 Å². The molecule has 2 fully saturated rings. The average Bonchev–Trinajstić information content (AvgIpc) is 3.01. The number of carbonyl (C=O) groups excluding carboxylic acids is 3. The smallest absolute Gasteiger partial charge is 0.325 e. The van der Waals surface area contributed by atoms with Gasteiger partial charge in [0.15, 0.2) is 0 Å². The van der Waals surface area contributed by atoms with Gasteiger partial charge in [-0.05, 0) is 49.7 Å². The summed E-state index contributed by atoms with van der Waals surface area (Å²) in [6, 6.07) is 18.9. The first-order valence-corrected chi connectivity index (χ1v) is 10.9. The van der Waals surface area contributed by atoms with Crippen molar-refractivity contribution in [3.63, 3.8) is 0 Å². The Morgan fingerprint density at radius 1 is 1.03 bits per heavy atom. The first kappa shape index (κ1) is 21.1. The standard InChI is InChI=1S/C25H29N3O3/c1-18-13-15-25(16-14-18)22(30)28(23(31)27-25)17-21(29)26-24(2,19-9-5-3-6-10-19)20-11-7-4-8-12-20/h3-12,18H,13-17H2,1-2H3,(H,26,29)(H,27,31). The van der Waals surface area contributed by atoms with Crippen molar-refractivity contribution < 1.29 is 14.4 Å². The minimum absolute atomic E-state index is 0.277. The maximum atomic E-state index is 13.1. The summed E-state index contributed by atoms with van der Waals surface area (Å²) in [5.41, 5.74) is 0.206. The third-order valence-electron chi connectivity index (χ3n) is 6.77. The Bertz CT molecular complexity index is 927. The van der Waals surface area contributed by atoms with Crippen molar-refractivity contribution in [2.45, 2.75) is 50.6 Å². The van der Waals surface area contributed by atoms with Crippen LogP contribution in [0.1, 0.15) is 50.7 Å². The average molecular weight is 420 g/mol. The quantitative estimate of drug-likeness (QED) is 0.728. The van der Waals surface area contributed by atoms with Gasteiger partial charge in [-0.15, -0.1) is 0 Å². The van der Waals surface area contributed by atoms with E-state index in [1.165, 1.54) is 0 Å². The number of hydrogen-bond acceptors (Lipinski definition) is 3. The van der Waals surface area contributed by atoms with Crippen LogP contribution in [0.15, 0.2) is 60.7 Å². The second-order valence-corrected chi connectivity index (χ2v) is 8.99. The molecule has 2 N–H and O–H groups in total. The normalized spacial score (nSPS) is 23.7. The van der Waals surface area contributed by atoms with Crippen LogP contribution in [0.25, 0.3) is 0 Å². The molecule has 0 radical (unpaired) electrons. The summed E-state index contributed by atoms with van der Waals surface area (Å²) in [6.07, 6.45) is 3.05.